The number of benzene rings is 2. The highest BCUT2D eigenvalue weighted by Gasteiger charge is 2.43. The lowest BCUT2D eigenvalue weighted by atomic mass is 9.83. The van der Waals surface area contributed by atoms with E-state index in [4.69, 9.17) is 9.47 Å². The van der Waals surface area contributed by atoms with Gasteiger partial charge >= 0.3 is 0 Å². The van der Waals surface area contributed by atoms with Crippen LogP contribution in [0.5, 0.6) is 5.75 Å². The zero-order valence-electron chi connectivity index (χ0n) is 16.5. The third-order valence-electron chi connectivity index (χ3n) is 6.25. The van der Waals surface area contributed by atoms with E-state index >= 15 is 0 Å². The molecule has 0 bridgehead atoms. The monoisotopic (exact) mass is 390 g/mol. The van der Waals surface area contributed by atoms with Gasteiger partial charge in [-0.1, -0.05) is 36.4 Å². The van der Waals surface area contributed by atoms with Crippen molar-refractivity contribution < 1.29 is 14.3 Å². The second kappa shape index (κ2) is 7.56. The summed E-state index contributed by atoms with van der Waals surface area (Å²) in [6, 6.07) is 18.1. The number of likely N-dealkylation sites (tertiary alicyclic amines) is 1. The minimum absolute atomic E-state index is 0.156. The van der Waals surface area contributed by atoms with Crippen LogP contribution in [0.1, 0.15) is 30.5 Å². The number of ether oxygens (including phenoxy) is 2. The lowest BCUT2D eigenvalue weighted by Gasteiger charge is -2.43. The normalized spacial score (nSPS) is 18.0. The summed E-state index contributed by atoms with van der Waals surface area (Å²) < 4.78 is 12.0. The molecule has 0 atom stereocenters. The minimum Gasteiger partial charge on any atom is -0.493 e. The molecular weight excluding hydrogens is 364 g/mol. The summed E-state index contributed by atoms with van der Waals surface area (Å²) in [4.78, 5) is 18.2. The van der Waals surface area contributed by atoms with Gasteiger partial charge in [0.05, 0.1) is 25.3 Å². The van der Waals surface area contributed by atoms with Gasteiger partial charge in [0.1, 0.15) is 11.4 Å². The lowest BCUT2D eigenvalue weighted by Crippen LogP contribution is -2.48. The van der Waals surface area contributed by atoms with Crippen molar-refractivity contribution in [1.29, 1.82) is 0 Å². The number of hydrogen-bond donors (Lipinski definition) is 1. The number of carbonyl (C=O) groups is 1. The van der Waals surface area contributed by atoms with Gasteiger partial charge in [0.15, 0.2) is 0 Å². The number of hydrogen-bond acceptors (Lipinski definition) is 3. The standard InChI is InChI=1S/C24H26N2O3/c27-22(11-16-28-18-6-2-1-3-7-18)26-14-12-24(13-15-26)23-20(10-17-29-24)19-8-4-5-9-21(19)25-23/h1-9,25H,10-17H2. The molecule has 150 valence electrons. The summed E-state index contributed by atoms with van der Waals surface area (Å²) in [6.45, 7) is 2.60. The van der Waals surface area contributed by atoms with Crippen LogP contribution >= 0.6 is 0 Å². The second-order valence-corrected chi connectivity index (χ2v) is 7.91. The fourth-order valence-electron chi connectivity index (χ4n) is 4.71. The van der Waals surface area contributed by atoms with Crippen LogP contribution in [0.25, 0.3) is 10.9 Å². The van der Waals surface area contributed by atoms with Gasteiger partial charge in [0, 0.05) is 24.0 Å². The minimum atomic E-state index is -0.288. The molecule has 3 aromatic rings. The number of amides is 1. The fraction of sp³-hybridized carbons (Fsp3) is 0.375. The van der Waals surface area contributed by atoms with Gasteiger partial charge in [-0.3, -0.25) is 4.79 Å². The molecule has 0 radical (unpaired) electrons. The number of aromatic amines is 1. The van der Waals surface area contributed by atoms with Gasteiger partial charge < -0.3 is 19.4 Å². The first-order valence-corrected chi connectivity index (χ1v) is 10.4. The number of nitrogens with one attached hydrogen (secondary N) is 1. The van der Waals surface area contributed by atoms with Crippen LogP contribution in [0.3, 0.4) is 0 Å². The van der Waals surface area contributed by atoms with Crippen LogP contribution in [-0.2, 0) is 21.6 Å². The van der Waals surface area contributed by atoms with Crippen molar-refractivity contribution in [3.05, 3.63) is 65.9 Å². The Morgan fingerprint density at radius 3 is 2.66 bits per heavy atom. The van der Waals surface area contributed by atoms with Gasteiger partial charge in [-0.15, -0.1) is 0 Å². The van der Waals surface area contributed by atoms with E-state index in [1.807, 2.05) is 35.2 Å². The Morgan fingerprint density at radius 1 is 1.07 bits per heavy atom. The largest absolute Gasteiger partial charge is 0.493 e. The Bertz CT molecular complexity index is 1000. The summed E-state index contributed by atoms with van der Waals surface area (Å²) in [5.41, 5.74) is 3.51. The molecule has 1 aromatic heterocycles. The van der Waals surface area contributed by atoms with E-state index in [-0.39, 0.29) is 11.5 Å². The van der Waals surface area contributed by atoms with E-state index in [0.29, 0.717) is 13.0 Å². The molecule has 2 aliphatic rings. The number of para-hydroxylation sites is 2. The van der Waals surface area contributed by atoms with Gasteiger partial charge in [-0.25, -0.2) is 0 Å². The molecule has 1 spiro atoms. The summed E-state index contributed by atoms with van der Waals surface area (Å²) in [7, 11) is 0. The van der Waals surface area contributed by atoms with Crippen LogP contribution in [0.15, 0.2) is 54.6 Å². The first kappa shape index (κ1) is 18.3. The van der Waals surface area contributed by atoms with Crippen LogP contribution in [0, 0.1) is 0 Å². The summed E-state index contributed by atoms with van der Waals surface area (Å²) in [5, 5.41) is 1.31. The molecule has 1 fully saturated rings. The molecule has 1 N–H and O–H groups in total. The topological polar surface area (TPSA) is 54.6 Å². The van der Waals surface area contributed by atoms with Crippen molar-refractivity contribution in [3.63, 3.8) is 0 Å². The highest BCUT2D eigenvalue weighted by atomic mass is 16.5. The second-order valence-electron chi connectivity index (χ2n) is 7.91. The third-order valence-corrected chi connectivity index (χ3v) is 6.25. The van der Waals surface area contributed by atoms with Gasteiger partial charge in [-0.2, -0.15) is 0 Å². The van der Waals surface area contributed by atoms with Crippen LogP contribution in [0.2, 0.25) is 0 Å². The number of H-pyrrole nitrogens is 1. The molecule has 2 aromatic carbocycles. The van der Waals surface area contributed by atoms with E-state index in [9.17, 15) is 4.79 Å². The average Bonchev–Trinajstić information content (AvgIpc) is 3.16. The summed E-state index contributed by atoms with van der Waals surface area (Å²) in [5.74, 6) is 0.961. The van der Waals surface area contributed by atoms with E-state index in [1.165, 1.54) is 22.2 Å². The molecule has 1 amide bonds. The van der Waals surface area contributed by atoms with Crippen LogP contribution in [-0.4, -0.2) is 42.1 Å². The predicted molar refractivity (Wildman–Crippen MR) is 112 cm³/mol. The molecule has 0 saturated carbocycles. The number of fused-ring (bicyclic) bond motifs is 4. The highest BCUT2D eigenvalue weighted by molar-refractivity contribution is 5.85. The molecule has 3 heterocycles. The Morgan fingerprint density at radius 2 is 1.83 bits per heavy atom. The first-order valence-electron chi connectivity index (χ1n) is 10.4. The zero-order valence-corrected chi connectivity index (χ0v) is 16.5. The summed E-state index contributed by atoms with van der Waals surface area (Å²) >= 11 is 0. The number of carbonyl (C=O) groups excluding carboxylic acids is 1. The number of rotatable bonds is 4. The van der Waals surface area contributed by atoms with Crippen molar-refractivity contribution in [2.24, 2.45) is 0 Å². The fourth-order valence-corrected chi connectivity index (χ4v) is 4.71. The van der Waals surface area contributed by atoms with E-state index in [2.05, 4.69) is 29.2 Å². The van der Waals surface area contributed by atoms with Crippen molar-refractivity contribution in [3.8, 4) is 5.75 Å². The molecule has 2 aliphatic heterocycles. The molecule has 0 aliphatic carbocycles. The number of aromatic nitrogens is 1. The summed E-state index contributed by atoms with van der Waals surface area (Å²) in [6.07, 6.45) is 3.01. The average molecular weight is 390 g/mol. The third kappa shape index (κ3) is 3.40. The maximum Gasteiger partial charge on any atom is 0.226 e. The first-order chi connectivity index (χ1) is 14.3. The SMILES string of the molecule is O=C(CCOc1ccccc1)N1CCC2(CC1)OCCc1c2[nH]c2ccccc12. The Hall–Kier alpha value is -2.79. The van der Waals surface area contributed by atoms with Crippen molar-refractivity contribution in [2.45, 2.75) is 31.3 Å². The smallest absolute Gasteiger partial charge is 0.226 e. The maximum absolute atomic E-state index is 12.6. The van der Waals surface area contributed by atoms with E-state index in [0.717, 1.165) is 44.7 Å². The van der Waals surface area contributed by atoms with Crippen molar-refractivity contribution in [1.82, 2.24) is 9.88 Å². The predicted octanol–water partition coefficient (Wildman–Crippen LogP) is 4.03. The number of nitrogens with zero attached hydrogens (tertiary/aromatic N) is 1. The molecule has 29 heavy (non-hydrogen) atoms. The Kier molecular flexibility index (Phi) is 4.76. The van der Waals surface area contributed by atoms with Crippen LogP contribution in [0.4, 0.5) is 0 Å². The molecule has 5 nitrogen and oxygen atoms in total. The Balaban J connectivity index is 1.23. The van der Waals surface area contributed by atoms with E-state index in [1.54, 1.807) is 0 Å². The number of piperidine rings is 1. The molecule has 5 heteroatoms. The lowest BCUT2D eigenvalue weighted by molar-refractivity contribution is -0.141. The Labute approximate surface area is 170 Å². The van der Waals surface area contributed by atoms with Crippen LogP contribution < -0.4 is 4.74 Å². The van der Waals surface area contributed by atoms with Crippen molar-refractivity contribution >= 4 is 16.8 Å². The molecule has 5 rings (SSSR count). The van der Waals surface area contributed by atoms with Gasteiger partial charge in [0.2, 0.25) is 5.91 Å². The quantitative estimate of drug-likeness (QED) is 0.732. The maximum atomic E-state index is 12.6. The van der Waals surface area contributed by atoms with E-state index < -0.39 is 0 Å². The molecular formula is C24H26N2O3. The molecule has 1 saturated heterocycles. The van der Waals surface area contributed by atoms with Gasteiger partial charge in [0.25, 0.3) is 0 Å². The molecule has 0 unspecified atom stereocenters. The zero-order chi connectivity index (χ0) is 19.7. The highest BCUT2D eigenvalue weighted by Crippen LogP contribution is 2.43. The van der Waals surface area contributed by atoms with Gasteiger partial charge in [-0.05, 0) is 43.0 Å². The van der Waals surface area contributed by atoms with Crippen molar-refractivity contribution in [2.75, 3.05) is 26.3 Å².